The van der Waals surface area contributed by atoms with Gasteiger partial charge in [0.25, 0.3) is 0 Å². The van der Waals surface area contributed by atoms with Gasteiger partial charge in [0.05, 0.1) is 10.7 Å². The van der Waals surface area contributed by atoms with Crippen LogP contribution in [0, 0.1) is 6.92 Å². The number of thiocarbonyl (C=S) groups is 1. The summed E-state index contributed by atoms with van der Waals surface area (Å²) in [4.78, 5) is 0. The summed E-state index contributed by atoms with van der Waals surface area (Å²) in [5.74, 6) is 0.418. The Morgan fingerprint density at radius 2 is 1.91 bits per heavy atom. The minimum atomic E-state index is 0.418. The Kier molecular flexibility index (Phi) is 5.84. The van der Waals surface area contributed by atoms with Crippen molar-refractivity contribution in [2.24, 2.45) is 0 Å². The smallest absolute Gasteiger partial charge is 0.175 e. The molecular formula is C17H18BrClN2S. The first kappa shape index (κ1) is 17.3. The lowest BCUT2D eigenvalue weighted by molar-refractivity contribution is 0.868. The van der Waals surface area contributed by atoms with Crippen LogP contribution >= 0.6 is 39.7 Å². The molecule has 0 atom stereocenters. The van der Waals surface area contributed by atoms with Gasteiger partial charge in [0, 0.05) is 10.2 Å². The Balaban J connectivity index is 2.19. The molecule has 0 saturated heterocycles. The van der Waals surface area contributed by atoms with Gasteiger partial charge < -0.3 is 10.6 Å². The van der Waals surface area contributed by atoms with Crippen molar-refractivity contribution in [2.45, 2.75) is 26.7 Å². The highest BCUT2D eigenvalue weighted by Crippen LogP contribution is 2.29. The maximum absolute atomic E-state index is 6.21. The molecule has 0 aliphatic carbocycles. The maximum atomic E-state index is 6.21. The van der Waals surface area contributed by atoms with Crippen molar-refractivity contribution in [1.29, 1.82) is 0 Å². The lowest BCUT2D eigenvalue weighted by atomic mass is 9.98. The average molecular weight is 398 g/mol. The van der Waals surface area contributed by atoms with E-state index in [-0.39, 0.29) is 0 Å². The summed E-state index contributed by atoms with van der Waals surface area (Å²) >= 11 is 15.0. The second-order valence-electron chi connectivity index (χ2n) is 5.40. The van der Waals surface area contributed by atoms with Crippen LogP contribution in [-0.4, -0.2) is 5.11 Å². The summed E-state index contributed by atoms with van der Waals surface area (Å²) in [7, 11) is 0. The van der Waals surface area contributed by atoms with Crippen molar-refractivity contribution in [3.63, 3.8) is 0 Å². The van der Waals surface area contributed by atoms with E-state index in [4.69, 9.17) is 23.8 Å². The highest BCUT2D eigenvalue weighted by molar-refractivity contribution is 9.10. The minimum absolute atomic E-state index is 0.418. The van der Waals surface area contributed by atoms with E-state index in [1.165, 1.54) is 5.56 Å². The summed E-state index contributed by atoms with van der Waals surface area (Å²) < 4.78 is 0.933. The quantitative estimate of drug-likeness (QED) is 0.591. The Hall–Kier alpha value is -1.10. The van der Waals surface area contributed by atoms with Gasteiger partial charge in [-0.3, -0.25) is 0 Å². The molecule has 0 aliphatic heterocycles. The molecule has 0 aromatic heterocycles. The second kappa shape index (κ2) is 7.44. The number of hydrogen-bond acceptors (Lipinski definition) is 1. The van der Waals surface area contributed by atoms with E-state index in [2.05, 4.69) is 65.5 Å². The van der Waals surface area contributed by atoms with E-state index in [1.54, 1.807) is 0 Å². The number of anilines is 2. The van der Waals surface area contributed by atoms with Crippen LogP contribution in [0.25, 0.3) is 0 Å². The first-order chi connectivity index (χ1) is 10.4. The predicted octanol–water partition coefficient (Wildman–Crippen LogP) is 6.34. The molecule has 0 amide bonds. The SMILES string of the molecule is Cc1cccc(C(C)C)c1NC(=S)Nc1ccc(Br)cc1Cl. The van der Waals surface area contributed by atoms with Gasteiger partial charge in [-0.25, -0.2) is 0 Å². The van der Waals surface area contributed by atoms with E-state index in [0.29, 0.717) is 16.1 Å². The van der Waals surface area contributed by atoms with Crippen LogP contribution in [0.1, 0.15) is 30.9 Å². The second-order valence-corrected chi connectivity index (χ2v) is 7.13. The first-order valence-corrected chi connectivity index (χ1v) is 8.59. The first-order valence-electron chi connectivity index (χ1n) is 7.01. The largest absolute Gasteiger partial charge is 0.332 e. The summed E-state index contributed by atoms with van der Waals surface area (Å²) in [5.41, 5.74) is 4.24. The lowest BCUT2D eigenvalue weighted by Gasteiger charge is -2.18. The Bertz CT molecular complexity index is 701. The van der Waals surface area contributed by atoms with E-state index in [1.807, 2.05) is 18.2 Å². The molecule has 0 radical (unpaired) electrons. The molecule has 0 fully saturated rings. The van der Waals surface area contributed by atoms with E-state index in [0.717, 1.165) is 21.4 Å². The highest BCUT2D eigenvalue weighted by atomic mass is 79.9. The molecule has 2 rings (SSSR count). The van der Waals surface area contributed by atoms with Crippen LogP contribution in [0.2, 0.25) is 5.02 Å². The Morgan fingerprint density at radius 1 is 1.18 bits per heavy atom. The zero-order valence-electron chi connectivity index (χ0n) is 12.7. The molecule has 0 unspecified atom stereocenters. The standard InChI is InChI=1S/C17H18BrClN2S/c1-10(2)13-6-4-5-11(3)16(13)21-17(22)20-15-8-7-12(18)9-14(15)19/h4-10H,1-3H3,(H2,20,21,22). The fourth-order valence-electron chi connectivity index (χ4n) is 2.20. The van der Waals surface area contributed by atoms with Gasteiger partial charge in [-0.05, 0) is 54.4 Å². The monoisotopic (exact) mass is 396 g/mol. The molecule has 0 heterocycles. The molecule has 0 spiro atoms. The topological polar surface area (TPSA) is 24.1 Å². The van der Waals surface area contributed by atoms with Crippen LogP contribution < -0.4 is 10.6 Å². The van der Waals surface area contributed by atoms with Crippen LogP contribution in [-0.2, 0) is 0 Å². The number of halogens is 2. The van der Waals surface area contributed by atoms with Crippen LogP contribution in [0.3, 0.4) is 0 Å². The van der Waals surface area contributed by atoms with Crippen molar-refractivity contribution >= 4 is 56.2 Å². The molecule has 0 bridgehead atoms. The molecule has 0 aliphatic rings. The van der Waals surface area contributed by atoms with Crippen LogP contribution in [0.15, 0.2) is 40.9 Å². The molecule has 2 N–H and O–H groups in total. The molecule has 2 aromatic carbocycles. The fraction of sp³-hybridized carbons (Fsp3) is 0.235. The number of nitrogens with one attached hydrogen (secondary N) is 2. The number of aryl methyl sites for hydroxylation is 1. The summed E-state index contributed by atoms with van der Waals surface area (Å²) in [6.07, 6.45) is 0. The van der Waals surface area contributed by atoms with Gasteiger partial charge in [-0.2, -0.15) is 0 Å². The van der Waals surface area contributed by atoms with Crippen molar-refractivity contribution < 1.29 is 0 Å². The van der Waals surface area contributed by atoms with Gasteiger partial charge in [0.1, 0.15) is 0 Å². The van der Waals surface area contributed by atoms with Crippen molar-refractivity contribution in [1.82, 2.24) is 0 Å². The van der Waals surface area contributed by atoms with E-state index in [9.17, 15) is 0 Å². The molecule has 0 saturated carbocycles. The Morgan fingerprint density at radius 3 is 2.55 bits per heavy atom. The molecule has 22 heavy (non-hydrogen) atoms. The van der Waals surface area contributed by atoms with Crippen LogP contribution in [0.5, 0.6) is 0 Å². The van der Waals surface area contributed by atoms with Crippen molar-refractivity contribution in [2.75, 3.05) is 10.6 Å². The summed E-state index contributed by atoms with van der Waals surface area (Å²) in [6, 6.07) is 11.9. The van der Waals surface area contributed by atoms with Crippen molar-refractivity contribution in [3.05, 3.63) is 57.0 Å². The molecular weight excluding hydrogens is 380 g/mol. The number of rotatable bonds is 3. The van der Waals surface area contributed by atoms with Gasteiger partial charge in [0.15, 0.2) is 5.11 Å². The third-order valence-electron chi connectivity index (χ3n) is 3.34. The average Bonchev–Trinajstić information content (AvgIpc) is 2.44. The third-order valence-corrected chi connectivity index (χ3v) is 4.35. The fourth-order valence-corrected chi connectivity index (χ4v) is 3.13. The van der Waals surface area contributed by atoms with E-state index >= 15 is 0 Å². The third kappa shape index (κ3) is 4.22. The van der Waals surface area contributed by atoms with Gasteiger partial charge in [-0.15, -0.1) is 0 Å². The Labute approximate surface area is 150 Å². The number of para-hydroxylation sites is 1. The molecule has 116 valence electrons. The zero-order valence-corrected chi connectivity index (χ0v) is 15.9. The zero-order chi connectivity index (χ0) is 16.3. The molecule has 2 nitrogen and oxygen atoms in total. The number of benzene rings is 2. The van der Waals surface area contributed by atoms with Gasteiger partial charge in [-0.1, -0.05) is 59.6 Å². The van der Waals surface area contributed by atoms with E-state index < -0.39 is 0 Å². The lowest BCUT2D eigenvalue weighted by Crippen LogP contribution is -2.21. The van der Waals surface area contributed by atoms with Gasteiger partial charge in [0.2, 0.25) is 0 Å². The summed E-state index contributed by atoms with van der Waals surface area (Å²) in [6.45, 7) is 6.41. The normalized spacial score (nSPS) is 10.6. The van der Waals surface area contributed by atoms with Crippen molar-refractivity contribution in [3.8, 4) is 0 Å². The predicted molar refractivity (Wildman–Crippen MR) is 104 cm³/mol. The minimum Gasteiger partial charge on any atom is -0.332 e. The highest BCUT2D eigenvalue weighted by Gasteiger charge is 2.11. The van der Waals surface area contributed by atoms with Gasteiger partial charge >= 0.3 is 0 Å². The summed E-state index contributed by atoms with van der Waals surface area (Å²) in [5, 5.41) is 7.59. The molecule has 5 heteroatoms. The number of hydrogen-bond donors (Lipinski definition) is 2. The maximum Gasteiger partial charge on any atom is 0.175 e. The molecule has 2 aromatic rings. The van der Waals surface area contributed by atoms with Crippen LogP contribution in [0.4, 0.5) is 11.4 Å².